The standard InChI is InChI=1S/C24H24N2O6S/c1-4-9-17-12-16(13-20(31-5-2)22(17)32-6-3)14-21-23(27)25(24(28)33-21)15-18-10-7-8-11-19(18)26(29)30/h4,7-8,10-14H,1,5-6,9,15H2,2-3H3/b21-14-. The monoisotopic (exact) mass is 468 g/mol. The number of nitrogens with zero attached hydrogens (tertiary/aromatic N) is 2. The van der Waals surface area contributed by atoms with Crippen LogP contribution in [0.1, 0.15) is 30.5 Å². The summed E-state index contributed by atoms with van der Waals surface area (Å²) in [5.41, 5.74) is 1.68. The zero-order valence-corrected chi connectivity index (χ0v) is 19.2. The predicted octanol–water partition coefficient (Wildman–Crippen LogP) is 5.36. The summed E-state index contributed by atoms with van der Waals surface area (Å²) in [7, 11) is 0. The van der Waals surface area contributed by atoms with Crippen molar-refractivity contribution in [1.82, 2.24) is 4.90 Å². The van der Waals surface area contributed by atoms with Gasteiger partial charge in [0.1, 0.15) is 0 Å². The first-order valence-electron chi connectivity index (χ1n) is 10.4. The first-order chi connectivity index (χ1) is 15.9. The Balaban J connectivity index is 1.94. The lowest BCUT2D eigenvalue weighted by Gasteiger charge is -2.16. The van der Waals surface area contributed by atoms with Gasteiger partial charge in [-0.2, -0.15) is 0 Å². The Bertz CT molecular complexity index is 1130. The SMILES string of the molecule is C=CCc1cc(/C=C2\SC(=O)N(Cc3ccccc3[N+](=O)[O-])C2=O)cc(OCC)c1OCC. The van der Waals surface area contributed by atoms with Crippen LogP contribution >= 0.6 is 11.8 Å². The minimum atomic E-state index is -0.527. The number of carbonyl (C=O) groups excluding carboxylic acids is 2. The van der Waals surface area contributed by atoms with Crippen molar-refractivity contribution in [1.29, 1.82) is 0 Å². The number of benzene rings is 2. The van der Waals surface area contributed by atoms with Gasteiger partial charge in [-0.1, -0.05) is 24.3 Å². The van der Waals surface area contributed by atoms with Crippen LogP contribution in [0.25, 0.3) is 6.08 Å². The van der Waals surface area contributed by atoms with Crippen molar-refractivity contribution in [3.05, 3.63) is 80.8 Å². The molecule has 33 heavy (non-hydrogen) atoms. The highest BCUT2D eigenvalue weighted by atomic mass is 32.2. The number of hydrogen-bond donors (Lipinski definition) is 0. The minimum Gasteiger partial charge on any atom is -0.490 e. The molecule has 172 valence electrons. The maximum atomic E-state index is 13.0. The van der Waals surface area contributed by atoms with Crippen LogP contribution in [-0.2, 0) is 17.8 Å². The average Bonchev–Trinajstić information content (AvgIpc) is 3.04. The lowest BCUT2D eigenvalue weighted by molar-refractivity contribution is -0.385. The predicted molar refractivity (Wildman–Crippen MR) is 127 cm³/mol. The van der Waals surface area contributed by atoms with Crippen molar-refractivity contribution in [3.8, 4) is 11.5 Å². The van der Waals surface area contributed by atoms with Crippen molar-refractivity contribution in [2.45, 2.75) is 26.8 Å². The second-order valence-corrected chi connectivity index (χ2v) is 8.01. The fraction of sp³-hybridized carbons (Fsp3) is 0.250. The zero-order valence-electron chi connectivity index (χ0n) is 18.4. The second kappa shape index (κ2) is 10.8. The Labute approximate surface area is 196 Å². The Morgan fingerprint density at radius 2 is 1.85 bits per heavy atom. The van der Waals surface area contributed by atoms with E-state index in [4.69, 9.17) is 9.47 Å². The van der Waals surface area contributed by atoms with Gasteiger partial charge in [0.05, 0.1) is 29.6 Å². The molecule has 0 bridgehead atoms. The lowest BCUT2D eigenvalue weighted by atomic mass is 10.0. The number of allylic oxidation sites excluding steroid dienone is 1. The highest BCUT2D eigenvalue weighted by Crippen LogP contribution is 2.38. The number of imide groups is 1. The van der Waals surface area contributed by atoms with Crippen molar-refractivity contribution in [2.75, 3.05) is 13.2 Å². The van der Waals surface area contributed by atoms with Gasteiger partial charge in [-0.15, -0.1) is 6.58 Å². The van der Waals surface area contributed by atoms with Gasteiger partial charge < -0.3 is 9.47 Å². The Kier molecular flexibility index (Phi) is 7.89. The summed E-state index contributed by atoms with van der Waals surface area (Å²) in [6.07, 6.45) is 3.91. The Hall–Kier alpha value is -3.59. The molecule has 8 nitrogen and oxygen atoms in total. The van der Waals surface area contributed by atoms with Crippen LogP contribution < -0.4 is 9.47 Å². The molecule has 2 amide bonds. The fourth-order valence-corrected chi connectivity index (χ4v) is 4.26. The first-order valence-corrected chi connectivity index (χ1v) is 11.2. The second-order valence-electron chi connectivity index (χ2n) is 7.02. The summed E-state index contributed by atoms with van der Waals surface area (Å²) < 4.78 is 11.5. The number of thioether (sulfide) groups is 1. The van der Waals surface area contributed by atoms with Crippen LogP contribution in [-0.4, -0.2) is 34.2 Å². The molecule has 1 aliphatic heterocycles. The van der Waals surface area contributed by atoms with Crippen molar-refractivity contribution < 1.29 is 24.0 Å². The molecule has 2 aromatic rings. The molecule has 0 aliphatic carbocycles. The smallest absolute Gasteiger partial charge is 0.293 e. The van der Waals surface area contributed by atoms with E-state index in [1.807, 2.05) is 19.9 Å². The van der Waals surface area contributed by atoms with E-state index in [9.17, 15) is 19.7 Å². The number of nitro groups is 1. The number of amides is 2. The summed E-state index contributed by atoms with van der Waals surface area (Å²) >= 11 is 0.799. The number of hydrogen-bond acceptors (Lipinski definition) is 7. The zero-order chi connectivity index (χ0) is 24.0. The van der Waals surface area contributed by atoms with Gasteiger partial charge in [0, 0.05) is 17.2 Å². The molecule has 2 aromatic carbocycles. The quantitative estimate of drug-likeness (QED) is 0.200. The fourth-order valence-electron chi connectivity index (χ4n) is 3.43. The molecule has 1 heterocycles. The van der Waals surface area contributed by atoms with Crippen LogP contribution in [0.15, 0.2) is 54.0 Å². The summed E-state index contributed by atoms with van der Waals surface area (Å²) in [5, 5.41) is 10.8. The molecule has 9 heteroatoms. The normalized spacial score (nSPS) is 14.6. The van der Waals surface area contributed by atoms with E-state index in [0.717, 1.165) is 22.2 Å². The molecule has 1 aliphatic rings. The summed E-state index contributed by atoms with van der Waals surface area (Å²) in [4.78, 5) is 37.5. The summed E-state index contributed by atoms with van der Waals surface area (Å²) in [6, 6.07) is 9.68. The van der Waals surface area contributed by atoms with Gasteiger partial charge in [-0.25, -0.2) is 0 Å². The maximum absolute atomic E-state index is 13.0. The Morgan fingerprint density at radius 1 is 1.12 bits per heavy atom. The molecular formula is C24H24N2O6S. The molecular weight excluding hydrogens is 444 g/mol. The van der Waals surface area contributed by atoms with E-state index in [0.29, 0.717) is 42.3 Å². The van der Waals surface area contributed by atoms with Gasteiger partial charge >= 0.3 is 0 Å². The van der Waals surface area contributed by atoms with Crippen molar-refractivity contribution >= 4 is 34.7 Å². The molecule has 3 rings (SSSR count). The van der Waals surface area contributed by atoms with Crippen LogP contribution in [0.2, 0.25) is 0 Å². The third-order valence-electron chi connectivity index (χ3n) is 4.79. The highest BCUT2D eigenvalue weighted by molar-refractivity contribution is 8.18. The first kappa shape index (κ1) is 24.1. The van der Waals surface area contributed by atoms with E-state index in [1.54, 1.807) is 24.3 Å². The molecule has 0 atom stereocenters. The topological polar surface area (TPSA) is 99.0 Å². The largest absolute Gasteiger partial charge is 0.490 e. The molecule has 0 radical (unpaired) electrons. The third kappa shape index (κ3) is 5.43. The van der Waals surface area contributed by atoms with Crippen LogP contribution in [0.5, 0.6) is 11.5 Å². The third-order valence-corrected chi connectivity index (χ3v) is 5.70. The van der Waals surface area contributed by atoms with Crippen LogP contribution in [0.4, 0.5) is 10.5 Å². The molecule has 0 aromatic heterocycles. The van der Waals surface area contributed by atoms with E-state index in [2.05, 4.69) is 6.58 Å². The number of nitro benzene ring substituents is 1. The van der Waals surface area contributed by atoms with E-state index in [1.165, 1.54) is 18.2 Å². The number of carbonyl (C=O) groups is 2. The maximum Gasteiger partial charge on any atom is 0.293 e. The van der Waals surface area contributed by atoms with Gasteiger partial charge in [0.25, 0.3) is 16.8 Å². The van der Waals surface area contributed by atoms with Gasteiger partial charge in [-0.3, -0.25) is 24.6 Å². The molecule has 1 fully saturated rings. The minimum absolute atomic E-state index is 0.137. The van der Waals surface area contributed by atoms with Crippen LogP contribution in [0, 0.1) is 10.1 Å². The molecule has 0 spiro atoms. The van der Waals surface area contributed by atoms with Crippen molar-refractivity contribution in [3.63, 3.8) is 0 Å². The number of rotatable bonds is 10. The molecule has 0 unspecified atom stereocenters. The Morgan fingerprint density at radius 3 is 2.52 bits per heavy atom. The van der Waals surface area contributed by atoms with Gasteiger partial charge in [0.2, 0.25) is 0 Å². The lowest BCUT2D eigenvalue weighted by Crippen LogP contribution is -2.27. The van der Waals surface area contributed by atoms with Crippen LogP contribution in [0.3, 0.4) is 0 Å². The van der Waals surface area contributed by atoms with Gasteiger partial charge in [-0.05, 0) is 55.8 Å². The summed E-state index contributed by atoms with van der Waals surface area (Å²) in [5.74, 6) is 0.672. The van der Waals surface area contributed by atoms with Crippen molar-refractivity contribution in [2.24, 2.45) is 0 Å². The number of para-hydroxylation sites is 1. The highest BCUT2D eigenvalue weighted by Gasteiger charge is 2.36. The van der Waals surface area contributed by atoms with Gasteiger partial charge in [0.15, 0.2) is 11.5 Å². The average molecular weight is 469 g/mol. The van der Waals surface area contributed by atoms with E-state index >= 15 is 0 Å². The molecule has 0 saturated carbocycles. The van der Waals surface area contributed by atoms with E-state index in [-0.39, 0.29) is 17.1 Å². The molecule has 0 N–H and O–H groups in total. The number of ether oxygens (including phenoxy) is 2. The molecule has 1 saturated heterocycles. The summed E-state index contributed by atoms with van der Waals surface area (Å²) in [6.45, 7) is 8.26. The van der Waals surface area contributed by atoms with E-state index < -0.39 is 16.1 Å².